The van der Waals surface area contributed by atoms with Crippen molar-refractivity contribution in [3.05, 3.63) is 35.9 Å². The summed E-state index contributed by atoms with van der Waals surface area (Å²) in [7, 11) is 2.48. The number of carbonyl (C=O) groups is 3. The highest BCUT2D eigenvalue weighted by Crippen LogP contribution is 2.11. The summed E-state index contributed by atoms with van der Waals surface area (Å²) in [5, 5.41) is 2.54. The molecule has 0 aliphatic heterocycles. The Morgan fingerprint density at radius 2 is 1.75 bits per heavy atom. The number of rotatable bonds is 9. The van der Waals surface area contributed by atoms with Gasteiger partial charge in [0.2, 0.25) is 5.91 Å². The van der Waals surface area contributed by atoms with Gasteiger partial charge in [-0.25, -0.2) is 4.79 Å². The van der Waals surface area contributed by atoms with Crippen LogP contribution in [-0.2, 0) is 35.2 Å². The normalized spacial score (nSPS) is 12.8. The monoisotopic (exact) mass is 337 g/mol. The molecule has 0 bridgehead atoms. The van der Waals surface area contributed by atoms with Crippen molar-refractivity contribution in [2.45, 2.75) is 26.0 Å². The Labute approximate surface area is 141 Å². The Morgan fingerprint density at radius 3 is 2.33 bits per heavy atom. The Balaban J connectivity index is 2.51. The number of esters is 2. The lowest BCUT2D eigenvalue weighted by molar-refractivity contribution is -0.149. The number of hydrogen-bond acceptors (Lipinski definition) is 6. The van der Waals surface area contributed by atoms with Crippen LogP contribution in [0.1, 0.15) is 18.9 Å². The third kappa shape index (κ3) is 6.78. The minimum atomic E-state index is -0.943. The van der Waals surface area contributed by atoms with Crippen LogP contribution in [0.5, 0.6) is 0 Å². The molecular formula is C17H23NO6. The van der Waals surface area contributed by atoms with Crippen molar-refractivity contribution in [1.82, 2.24) is 5.32 Å². The predicted molar refractivity (Wildman–Crippen MR) is 85.8 cm³/mol. The third-order valence-corrected chi connectivity index (χ3v) is 3.40. The number of carbonyl (C=O) groups excluding carboxylic acids is 3. The highest BCUT2D eigenvalue weighted by Gasteiger charge is 2.29. The minimum absolute atomic E-state index is 0.0125. The van der Waals surface area contributed by atoms with Gasteiger partial charge in [-0.05, 0) is 11.5 Å². The number of hydrogen-bond donors (Lipinski definition) is 1. The molecule has 0 unspecified atom stereocenters. The molecule has 0 spiro atoms. The Morgan fingerprint density at radius 1 is 1.08 bits per heavy atom. The quantitative estimate of drug-likeness (QED) is 0.678. The van der Waals surface area contributed by atoms with Crippen molar-refractivity contribution < 1.29 is 28.6 Å². The fourth-order valence-electron chi connectivity index (χ4n) is 2.08. The molecular weight excluding hydrogens is 314 g/mol. The van der Waals surface area contributed by atoms with Crippen LogP contribution in [0.2, 0.25) is 0 Å². The minimum Gasteiger partial charge on any atom is -0.469 e. The standard InChI is InChI=1S/C17H23NO6/c1-12(9-15(20)22-2)16(17(21)23-3)18-14(19)11-24-10-13-7-5-4-6-8-13/h4-8,12,16H,9-11H2,1-3H3,(H,18,19)/t12-,16-/m0/s1. The maximum Gasteiger partial charge on any atom is 0.328 e. The Kier molecular flexibility index (Phi) is 8.49. The molecule has 0 saturated heterocycles. The van der Waals surface area contributed by atoms with E-state index >= 15 is 0 Å². The lowest BCUT2D eigenvalue weighted by Crippen LogP contribution is -2.47. The van der Waals surface area contributed by atoms with Gasteiger partial charge in [0, 0.05) is 0 Å². The summed E-state index contributed by atoms with van der Waals surface area (Å²) in [6, 6.07) is 8.46. The van der Waals surface area contributed by atoms with Gasteiger partial charge in [0.1, 0.15) is 12.6 Å². The van der Waals surface area contributed by atoms with E-state index in [0.29, 0.717) is 0 Å². The van der Waals surface area contributed by atoms with Crippen LogP contribution in [0.3, 0.4) is 0 Å². The number of ether oxygens (including phenoxy) is 3. The molecule has 0 aliphatic rings. The van der Waals surface area contributed by atoms with Crippen molar-refractivity contribution in [3.63, 3.8) is 0 Å². The van der Waals surface area contributed by atoms with E-state index in [4.69, 9.17) is 4.74 Å². The summed E-state index contributed by atoms with van der Waals surface area (Å²) in [4.78, 5) is 35.1. The first-order chi connectivity index (χ1) is 11.5. The van der Waals surface area contributed by atoms with E-state index in [0.717, 1.165) is 5.56 Å². The van der Waals surface area contributed by atoms with Gasteiger partial charge in [-0.3, -0.25) is 9.59 Å². The molecule has 1 aromatic rings. The molecule has 0 radical (unpaired) electrons. The fraction of sp³-hybridized carbons (Fsp3) is 0.471. The van der Waals surface area contributed by atoms with Gasteiger partial charge in [-0.1, -0.05) is 37.3 Å². The van der Waals surface area contributed by atoms with Crippen molar-refractivity contribution in [2.75, 3.05) is 20.8 Å². The van der Waals surface area contributed by atoms with E-state index in [1.165, 1.54) is 14.2 Å². The molecule has 0 heterocycles. The molecule has 0 aliphatic carbocycles. The number of methoxy groups -OCH3 is 2. The molecule has 7 heteroatoms. The second-order valence-electron chi connectivity index (χ2n) is 5.30. The van der Waals surface area contributed by atoms with Crippen LogP contribution in [0.15, 0.2) is 30.3 Å². The predicted octanol–water partition coefficient (Wildman–Crippen LogP) is 1.06. The van der Waals surface area contributed by atoms with E-state index in [1.54, 1.807) is 6.92 Å². The van der Waals surface area contributed by atoms with Crippen LogP contribution in [-0.4, -0.2) is 44.7 Å². The summed E-state index contributed by atoms with van der Waals surface area (Å²) in [6.45, 7) is 1.74. The van der Waals surface area contributed by atoms with Crippen LogP contribution in [0, 0.1) is 5.92 Å². The Bertz CT molecular complexity index is 545. The van der Waals surface area contributed by atoms with Crippen molar-refractivity contribution in [2.24, 2.45) is 5.92 Å². The van der Waals surface area contributed by atoms with Gasteiger partial charge >= 0.3 is 11.9 Å². The highest BCUT2D eigenvalue weighted by molar-refractivity contribution is 5.85. The van der Waals surface area contributed by atoms with Crippen LogP contribution < -0.4 is 5.32 Å². The average Bonchev–Trinajstić information content (AvgIpc) is 2.59. The van der Waals surface area contributed by atoms with Crippen molar-refractivity contribution >= 4 is 17.8 Å². The lowest BCUT2D eigenvalue weighted by Gasteiger charge is -2.22. The lowest BCUT2D eigenvalue weighted by atomic mass is 9.98. The Hall–Kier alpha value is -2.41. The first kappa shape index (κ1) is 19.6. The van der Waals surface area contributed by atoms with Gasteiger partial charge in [0.25, 0.3) is 0 Å². The van der Waals surface area contributed by atoms with E-state index in [9.17, 15) is 14.4 Å². The van der Waals surface area contributed by atoms with E-state index in [2.05, 4.69) is 14.8 Å². The van der Waals surface area contributed by atoms with Crippen LogP contribution in [0.25, 0.3) is 0 Å². The molecule has 2 atom stereocenters. The molecule has 24 heavy (non-hydrogen) atoms. The smallest absolute Gasteiger partial charge is 0.328 e. The molecule has 132 valence electrons. The maximum absolute atomic E-state index is 12.0. The van der Waals surface area contributed by atoms with E-state index in [-0.39, 0.29) is 19.6 Å². The molecule has 1 amide bonds. The highest BCUT2D eigenvalue weighted by atomic mass is 16.5. The van der Waals surface area contributed by atoms with E-state index < -0.39 is 29.8 Å². The van der Waals surface area contributed by atoms with Crippen molar-refractivity contribution in [3.8, 4) is 0 Å². The third-order valence-electron chi connectivity index (χ3n) is 3.40. The molecule has 7 nitrogen and oxygen atoms in total. The zero-order valence-electron chi connectivity index (χ0n) is 14.1. The molecule has 1 rings (SSSR count). The molecule has 1 N–H and O–H groups in total. The van der Waals surface area contributed by atoms with Gasteiger partial charge in [-0.15, -0.1) is 0 Å². The van der Waals surface area contributed by atoms with Gasteiger partial charge in [0.05, 0.1) is 27.2 Å². The summed E-state index contributed by atoms with van der Waals surface area (Å²) in [5.74, 6) is -2.02. The maximum atomic E-state index is 12.0. The summed E-state index contributed by atoms with van der Waals surface area (Å²) in [6.07, 6.45) is -0.0125. The van der Waals surface area contributed by atoms with Gasteiger partial charge < -0.3 is 19.5 Å². The molecule has 0 fully saturated rings. The van der Waals surface area contributed by atoms with Crippen LogP contribution in [0.4, 0.5) is 0 Å². The van der Waals surface area contributed by atoms with Crippen molar-refractivity contribution in [1.29, 1.82) is 0 Å². The molecule has 1 aromatic carbocycles. The summed E-state index contributed by atoms with van der Waals surface area (Å²) < 4.78 is 14.6. The summed E-state index contributed by atoms with van der Waals surface area (Å²) in [5.41, 5.74) is 0.939. The zero-order valence-corrected chi connectivity index (χ0v) is 14.1. The number of benzene rings is 1. The first-order valence-electron chi connectivity index (χ1n) is 7.53. The molecule has 0 aromatic heterocycles. The second kappa shape index (κ2) is 10.4. The summed E-state index contributed by atoms with van der Waals surface area (Å²) >= 11 is 0. The average molecular weight is 337 g/mol. The number of nitrogens with one attached hydrogen (secondary N) is 1. The van der Waals surface area contributed by atoms with Crippen LogP contribution >= 0.6 is 0 Å². The number of amides is 1. The largest absolute Gasteiger partial charge is 0.469 e. The SMILES string of the molecule is COC(=O)C[C@H](C)[C@H](NC(=O)COCc1ccccc1)C(=O)OC. The fourth-order valence-corrected chi connectivity index (χ4v) is 2.08. The van der Waals surface area contributed by atoms with Gasteiger partial charge in [0.15, 0.2) is 0 Å². The zero-order chi connectivity index (χ0) is 17.9. The van der Waals surface area contributed by atoms with E-state index in [1.807, 2.05) is 30.3 Å². The first-order valence-corrected chi connectivity index (χ1v) is 7.53. The van der Waals surface area contributed by atoms with Gasteiger partial charge in [-0.2, -0.15) is 0 Å². The second-order valence-corrected chi connectivity index (χ2v) is 5.30. The molecule has 0 saturated carbocycles. The topological polar surface area (TPSA) is 90.9 Å².